The van der Waals surface area contributed by atoms with Crippen molar-refractivity contribution in [3.63, 3.8) is 0 Å². The lowest BCUT2D eigenvalue weighted by Gasteiger charge is -2.15. The van der Waals surface area contributed by atoms with Crippen LogP contribution in [0.2, 0.25) is 0 Å². The zero-order valence-corrected chi connectivity index (χ0v) is 11.3. The van der Waals surface area contributed by atoms with Crippen molar-refractivity contribution in [2.75, 3.05) is 11.9 Å². The van der Waals surface area contributed by atoms with Crippen molar-refractivity contribution in [2.24, 2.45) is 5.92 Å². The molecule has 2 heterocycles. The van der Waals surface area contributed by atoms with Gasteiger partial charge >= 0.3 is 0 Å². The highest BCUT2D eigenvalue weighted by Gasteiger charge is 2.35. The molecule has 0 bridgehead atoms. The summed E-state index contributed by atoms with van der Waals surface area (Å²) in [5, 5.41) is 3.19. The first-order valence-electron chi connectivity index (χ1n) is 6.64. The highest BCUT2D eigenvalue weighted by atomic mass is 16.2. The number of nitrogens with one attached hydrogen (secondary N) is 1. The fraction of sp³-hybridized carbons (Fsp3) is 0.500. The van der Waals surface area contributed by atoms with Crippen LogP contribution in [-0.2, 0) is 16.1 Å². The highest BCUT2D eigenvalue weighted by molar-refractivity contribution is 6.03. The van der Waals surface area contributed by atoms with E-state index in [1.807, 2.05) is 12.1 Å². The molecular formula is C14H19N3O2. The van der Waals surface area contributed by atoms with Crippen molar-refractivity contribution in [1.29, 1.82) is 0 Å². The van der Waals surface area contributed by atoms with Gasteiger partial charge in [-0.1, -0.05) is 13.8 Å². The molecule has 0 radical (unpaired) electrons. The molecule has 1 saturated heterocycles. The van der Waals surface area contributed by atoms with E-state index >= 15 is 0 Å². The number of likely N-dealkylation sites (tertiary alicyclic amines) is 1. The minimum Gasteiger partial charge on any atom is -0.370 e. The largest absolute Gasteiger partial charge is 0.370 e. The Morgan fingerprint density at radius 1 is 1.47 bits per heavy atom. The fourth-order valence-electron chi connectivity index (χ4n) is 2.12. The van der Waals surface area contributed by atoms with Crippen molar-refractivity contribution < 1.29 is 9.59 Å². The standard InChI is InChI=1S/C14H19N3O2/c1-3-5-15-12-8-11(4-6-16-12)9-17-13(18)7-10(2)14(17)19/h4,6,8,10H,3,5,7,9H2,1-2H3,(H,15,16). The molecule has 2 rings (SSSR count). The van der Waals surface area contributed by atoms with Crippen LogP contribution in [0.3, 0.4) is 0 Å². The van der Waals surface area contributed by atoms with Gasteiger partial charge in [-0.2, -0.15) is 0 Å². The number of amides is 2. The molecule has 5 nitrogen and oxygen atoms in total. The summed E-state index contributed by atoms with van der Waals surface area (Å²) in [5.74, 6) is 0.431. The Balaban J connectivity index is 2.06. The number of hydrogen-bond donors (Lipinski definition) is 1. The molecule has 1 fully saturated rings. The molecule has 1 unspecified atom stereocenters. The van der Waals surface area contributed by atoms with Gasteiger partial charge in [-0.05, 0) is 24.1 Å². The molecular weight excluding hydrogens is 242 g/mol. The summed E-state index contributed by atoms with van der Waals surface area (Å²) < 4.78 is 0. The SMILES string of the molecule is CCCNc1cc(CN2C(=O)CC(C)C2=O)ccn1. The number of aromatic nitrogens is 1. The molecule has 0 spiro atoms. The summed E-state index contributed by atoms with van der Waals surface area (Å²) >= 11 is 0. The lowest BCUT2D eigenvalue weighted by atomic mass is 10.1. The second-order valence-corrected chi connectivity index (χ2v) is 4.90. The second kappa shape index (κ2) is 5.82. The van der Waals surface area contributed by atoms with E-state index in [1.165, 1.54) is 4.90 Å². The van der Waals surface area contributed by atoms with Crippen LogP contribution < -0.4 is 5.32 Å². The van der Waals surface area contributed by atoms with Crippen LogP contribution >= 0.6 is 0 Å². The maximum Gasteiger partial charge on any atom is 0.232 e. The van der Waals surface area contributed by atoms with Crippen LogP contribution in [0.5, 0.6) is 0 Å². The van der Waals surface area contributed by atoms with Gasteiger partial charge in [0.1, 0.15) is 5.82 Å². The minimum absolute atomic E-state index is 0.0788. The molecule has 2 amide bonds. The van der Waals surface area contributed by atoms with Crippen molar-refractivity contribution in [1.82, 2.24) is 9.88 Å². The van der Waals surface area contributed by atoms with Gasteiger partial charge in [-0.15, -0.1) is 0 Å². The molecule has 1 N–H and O–H groups in total. The molecule has 1 aliphatic rings. The maximum atomic E-state index is 11.9. The summed E-state index contributed by atoms with van der Waals surface area (Å²) in [5.41, 5.74) is 0.921. The number of hydrogen-bond acceptors (Lipinski definition) is 4. The molecule has 1 aliphatic heterocycles. The Labute approximate surface area is 113 Å². The molecule has 5 heteroatoms. The van der Waals surface area contributed by atoms with E-state index in [0.717, 1.165) is 24.3 Å². The smallest absolute Gasteiger partial charge is 0.232 e. The van der Waals surface area contributed by atoms with Gasteiger partial charge in [0.15, 0.2) is 0 Å². The minimum atomic E-state index is -0.188. The Hall–Kier alpha value is -1.91. The number of pyridine rings is 1. The van der Waals surface area contributed by atoms with E-state index in [2.05, 4.69) is 17.2 Å². The summed E-state index contributed by atoms with van der Waals surface area (Å²) in [4.78, 5) is 29.1. The van der Waals surface area contributed by atoms with Gasteiger partial charge in [0.2, 0.25) is 11.8 Å². The topological polar surface area (TPSA) is 62.3 Å². The summed E-state index contributed by atoms with van der Waals surface area (Å²) in [7, 11) is 0. The van der Waals surface area contributed by atoms with E-state index in [4.69, 9.17) is 0 Å². The zero-order chi connectivity index (χ0) is 13.8. The third-order valence-corrected chi connectivity index (χ3v) is 3.19. The predicted octanol–water partition coefficient (Wildman–Crippen LogP) is 1.80. The maximum absolute atomic E-state index is 11.9. The molecule has 0 saturated carbocycles. The van der Waals surface area contributed by atoms with Crippen molar-refractivity contribution >= 4 is 17.6 Å². The van der Waals surface area contributed by atoms with Gasteiger partial charge in [0.05, 0.1) is 6.54 Å². The Morgan fingerprint density at radius 3 is 2.89 bits per heavy atom. The molecule has 0 aliphatic carbocycles. The lowest BCUT2D eigenvalue weighted by molar-refractivity contribution is -0.139. The van der Waals surface area contributed by atoms with Crippen molar-refractivity contribution in [3.8, 4) is 0 Å². The molecule has 1 aromatic heterocycles. The van der Waals surface area contributed by atoms with Gasteiger partial charge in [-0.25, -0.2) is 4.98 Å². The average Bonchev–Trinajstić information content (AvgIpc) is 2.64. The molecule has 19 heavy (non-hydrogen) atoms. The summed E-state index contributed by atoms with van der Waals surface area (Å²) in [6.45, 7) is 5.07. The summed E-state index contributed by atoms with van der Waals surface area (Å²) in [6.07, 6.45) is 3.04. The van der Waals surface area contributed by atoms with Crippen LogP contribution in [-0.4, -0.2) is 28.2 Å². The van der Waals surface area contributed by atoms with Crippen molar-refractivity contribution in [3.05, 3.63) is 23.9 Å². The van der Waals surface area contributed by atoms with E-state index in [-0.39, 0.29) is 17.7 Å². The first-order valence-corrected chi connectivity index (χ1v) is 6.64. The van der Waals surface area contributed by atoms with E-state index in [0.29, 0.717) is 13.0 Å². The van der Waals surface area contributed by atoms with Crippen LogP contribution in [0.4, 0.5) is 5.82 Å². The van der Waals surface area contributed by atoms with Gasteiger partial charge < -0.3 is 5.32 Å². The normalized spacial score (nSPS) is 19.1. The van der Waals surface area contributed by atoms with Gasteiger partial charge in [0.25, 0.3) is 0 Å². The number of carbonyl (C=O) groups is 2. The number of rotatable bonds is 5. The molecule has 102 valence electrons. The molecule has 1 atom stereocenters. The quantitative estimate of drug-likeness (QED) is 0.821. The van der Waals surface area contributed by atoms with Crippen molar-refractivity contribution in [2.45, 2.75) is 33.2 Å². The number of imide groups is 1. The number of anilines is 1. The Morgan fingerprint density at radius 2 is 2.26 bits per heavy atom. The average molecular weight is 261 g/mol. The Kier molecular flexibility index (Phi) is 4.14. The Bertz CT molecular complexity index is 487. The van der Waals surface area contributed by atoms with Crippen LogP contribution in [0.15, 0.2) is 18.3 Å². The van der Waals surface area contributed by atoms with Crippen LogP contribution in [0.1, 0.15) is 32.3 Å². The highest BCUT2D eigenvalue weighted by Crippen LogP contribution is 2.21. The molecule has 0 aromatic carbocycles. The first kappa shape index (κ1) is 13.5. The zero-order valence-electron chi connectivity index (χ0n) is 11.3. The number of nitrogens with zero attached hydrogens (tertiary/aromatic N) is 2. The molecule has 1 aromatic rings. The summed E-state index contributed by atoms with van der Waals surface area (Å²) in [6, 6.07) is 3.72. The number of carbonyl (C=O) groups excluding carboxylic acids is 2. The lowest BCUT2D eigenvalue weighted by Crippen LogP contribution is -2.29. The van der Waals surface area contributed by atoms with E-state index in [9.17, 15) is 9.59 Å². The predicted molar refractivity (Wildman–Crippen MR) is 72.4 cm³/mol. The fourth-order valence-corrected chi connectivity index (χ4v) is 2.12. The van der Waals surface area contributed by atoms with Crippen LogP contribution in [0.25, 0.3) is 0 Å². The first-order chi connectivity index (χ1) is 9.11. The third-order valence-electron chi connectivity index (χ3n) is 3.19. The third kappa shape index (κ3) is 3.10. The van der Waals surface area contributed by atoms with E-state index < -0.39 is 0 Å². The van der Waals surface area contributed by atoms with Gasteiger partial charge in [-0.3, -0.25) is 14.5 Å². The second-order valence-electron chi connectivity index (χ2n) is 4.90. The van der Waals surface area contributed by atoms with Gasteiger partial charge in [0, 0.05) is 25.1 Å². The van der Waals surface area contributed by atoms with E-state index in [1.54, 1.807) is 13.1 Å². The van der Waals surface area contributed by atoms with Crippen LogP contribution in [0, 0.1) is 5.92 Å². The monoisotopic (exact) mass is 261 g/mol.